The van der Waals surface area contributed by atoms with Crippen molar-refractivity contribution in [2.75, 3.05) is 5.73 Å². The van der Waals surface area contributed by atoms with E-state index in [9.17, 15) is 17.6 Å². The van der Waals surface area contributed by atoms with E-state index in [2.05, 4.69) is 15.0 Å². The van der Waals surface area contributed by atoms with Gasteiger partial charge in [-0.15, -0.1) is 0 Å². The molecule has 0 unspecified atom stereocenters. The standard InChI is InChI=1S/C14H12F4N6/c15-8-4-2-1-3-7(8)5-9-11(19)22-6-10(23-9)12(20)24-13(21)14(16,17)18/h1-4,6H,5H2,(H2,19,22)(H3,20,21,24). The van der Waals surface area contributed by atoms with Gasteiger partial charge in [-0.05, 0) is 11.6 Å². The van der Waals surface area contributed by atoms with E-state index >= 15 is 0 Å². The molecule has 0 aliphatic heterocycles. The van der Waals surface area contributed by atoms with Crippen molar-refractivity contribution < 1.29 is 17.6 Å². The van der Waals surface area contributed by atoms with Crippen LogP contribution in [0.2, 0.25) is 0 Å². The molecule has 6 nitrogen and oxygen atoms in total. The SMILES string of the molecule is N=C(N=C(N)C(F)(F)F)c1cnc(N)c(Cc2ccccc2F)n1. The van der Waals surface area contributed by atoms with Gasteiger partial charge in [0.05, 0.1) is 11.9 Å². The van der Waals surface area contributed by atoms with Crippen molar-refractivity contribution >= 4 is 17.5 Å². The van der Waals surface area contributed by atoms with Gasteiger partial charge >= 0.3 is 6.18 Å². The predicted octanol–water partition coefficient (Wildman–Crippen LogP) is 2.03. The third-order valence-electron chi connectivity index (χ3n) is 2.96. The Morgan fingerprint density at radius 1 is 1.25 bits per heavy atom. The largest absolute Gasteiger partial charge is 0.449 e. The third kappa shape index (κ3) is 4.03. The van der Waals surface area contributed by atoms with Gasteiger partial charge in [-0.1, -0.05) is 18.2 Å². The maximum absolute atomic E-state index is 13.7. The van der Waals surface area contributed by atoms with Gasteiger partial charge in [0.1, 0.15) is 17.3 Å². The lowest BCUT2D eigenvalue weighted by atomic mass is 10.1. The smallest absolute Gasteiger partial charge is 0.382 e. The van der Waals surface area contributed by atoms with Crippen molar-refractivity contribution in [1.29, 1.82) is 5.41 Å². The van der Waals surface area contributed by atoms with Crippen LogP contribution in [-0.2, 0) is 6.42 Å². The highest BCUT2D eigenvalue weighted by molar-refractivity contribution is 6.04. The summed E-state index contributed by atoms with van der Waals surface area (Å²) in [6.07, 6.45) is -3.90. The molecule has 2 aromatic rings. The van der Waals surface area contributed by atoms with E-state index in [-0.39, 0.29) is 29.2 Å². The van der Waals surface area contributed by atoms with E-state index < -0.39 is 23.7 Å². The van der Waals surface area contributed by atoms with E-state index in [1.165, 1.54) is 18.2 Å². The van der Waals surface area contributed by atoms with Crippen LogP contribution in [0.1, 0.15) is 17.0 Å². The summed E-state index contributed by atoms with van der Waals surface area (Å²) < 4.78 is 50.7. The van der Waals surface area contributed by atoms with Crippen molar-refractivity contribution in [2.45, 2.75) is 12.6 Å². The average molecular weight is 340 g/mol. The number of alkyl halides is 3. The van der Waals surface area contributed by atoms with Crippen LogP contribution in [-0.4, -0.2) is 27.8 Å². The van der Waals surface area contributed by atoms with Crippen LogP contribution in [0.15, 0.2) is 35.5 Å². The van der Waals surface area contributed by atoms with Gasteiger partial charge < -0.3 is 11.5 Å². The molecule has 0 spiro atoms. The molecule has 0 aliphatic carbocycles. The van der Waals surface area contributed by atoms with E-state index in [0.29, 0.717) is 0 Å². The zero-order valence-corrected chi connectivity index (χ0v) is 12.1. The zero-order chi connectivity index (χ0) is 17.9. The highest BCUT2D eigenvalue weighted by atomic mass is 19.4. The second-order valence-corrected chi connectivity index (χ2v) is 4.70. The topological polar surface area (TPSA) is 114 Å². The number of hydrogen-bond donors (Lipinski definition) is 3. The fourth-order valence-electron chi connectivity index (χ4n) is 1.74. The normalized spacial score (nSPS) is 12.2. The van der Waals surface area contributed by atoms with Crippen LogP contribution in [0.25, 0.3) is 0 Å². The molecule has 0 aliphatic rings. The Labute approximate surface area is 133 Å². The summed E-state index contributed by atoms with van der Waals surface area (Å²) in [7, 11) is 0. The lowest BCUT2D eigenvalue weighted by molar-refractivity contribution is -0.0597. The predicted molar refractivity (Wildman–Crippen MR) is 80.2 cm³/mol. The summed E-state index contributed by atoms with van der Waals surface area (Å²) in [4.78, 5) is 10.6. The first-order valence-corrected chi connectivity index (χ1v) is 6.53. The van der Waals surface area contributed by atoms with Gasteiger partial charge in [0.25, 0.3) is 0 Å². The van der Waals surface area contributed by atoms with Crippen molar-refractivity contribution in [1.82, 2.24) is 9.97 Å². The molecular weight excluding hydrogens is 328 g/mol. The minimum absolute atomic E-state index is 0.0254. The maximum Gasteiger partial charge on any atom is 0.449 e. The summed E-state index contributed by atoms with van der Waals surface area (Å²) in [6.45, 7) is 0. The van der Waals surface area contributed by atoms with E-state index in [1.54, 1.807) is 6.07 Å². The second kappa shape index (κ2) is 6.60. The molecule has 0 saturated carbocycles. The molecule has 1 heterocycles. The van der Waals surface area contributed by atoms with Gasteiger partial charge in [0.15, 0.2) is 5.84 Å². The number of aromatic nitrogens is 2. The van der Waals surface area contributed by atoms with Gasteiger partial charge in [0, 0.05) is 6.42 Å². The minimum atomic E-state index is -4.86. The number of benzene rings is 1. The summed E-state index contributed by atoms with van der Waals surface area (Å²) >= 11 is 0. The maximum atomic E-state index is 13.7. The Kier molecular flexibility index (Phi) is 4.77. The van der Waals surface area contributed by atoms with Crippen LogP contribution >= 0.6 is 0 Å². The van der Waals surface area contributed by atoms with Crippen molar-refractivity contribution in [2.24, 2.45) is 10.7 Å². The molecule has 0 bridgehead atoms. The summed E-state index contributed by atoms with van der Waals surface area (Å²) in [5.41, 5.74) is 10.5. The molecule has 24 heavy (non-hydrogen) atoms. The Bertz CT molecular complexity index is 800. The summed E-state index contributed by atoms with van der Waals surface area (Å²) in [5.74, 6) is -3.02. The molecule has 0 radical (unpaired) electrons. The van der Waals surface area contributed by atoms with Crippen LogP contribution in [0.3, 0.4) is 0 Å². The monoisotopic (exact) mass is 340 g/mol. The zero-order valence-electron chi connectivity index (χ0n) is 12.1. The molecule has 0 atom stereocenters. The fourth-order valence-corrected chi connectivity index (χ4v) is 1.74. The van der Waals surface area contributed by atoms with Crippen LogP contribution in [0.5, 0.6) is 0 Å². The molecule has 126 valence electrons. The van der Waals surface area contributed by atoms with Crippen LogP contribution in [0, 0.1) is 11.2 Å². The molecule has 2 rings (SSSR count). The van der Waals surface area contributed by atoms with Gasteiger partial charge in [-0.3, -0.25) is 5.41 Å². The molecule has 1 aromatic heterocycles. The van der Waals surface area contributed by atoms with Crippen molar-refractivity contribution in [3.8, 4) is 0 Å². The molecule has 1 aromatic carbocycles. The molecule has 0 amide bonds. The van der Waals surface area contributed by atoms with E-state index in [4.69, 9.17) is 16.9 Å². The molecule has 10 heteroatoms. The van der Waals surface area contributed by atoms with Crippen LogP contribution in [0.4, 0.5) is 23.4 Å². The number of amidine groups is 2. The Balaban J connectivity index is 2.32. The number of nitrogens with two attached hydrogens (primary N) is 2. The number of rotatable bonds is 3. The first-order chi connectivity index (χ1) is 11.2. The second-order valence-electron chi connectivity index (χ2n) is 4.70. The summed E-state index contributed by atoms with van der Waals surface area (Å²) in [6, 6.07) is 5.88. The van der Waals surface area contributed by atoms with Gasteiger partial charge in [-0.2, -0.15) is 13.2 Å². The molecule has 5 N–H and O–H groups in total. The lowest BCUT2D eigenvalue weighted by Gasteiger charge is -2.08. The first-order valence-electron chi connectivity index (χ1n) is 6.53. The van der Waals surface area contributed by atoms with E-state index in [0.717, 1.165) is 6.20 Å². The minimum Gasteiger partial charge on any atom is -0.382 e. The average Bonchev–Trinajstić information content (AvgIpc) is 2.50. The number of nitrogens with one attached hydrogen (secondary N) is 1. The quantitative estimate of drug-likeness (QED) is 0.450. The van der Waals surface area contributed by atoms with Gasteiger partial charge in [0.2, 0.25) is 5.84 Å². The molecule has 0 fully saturated rings. The number of hydrogen-bond acceptors (Lipinski definition) is 4. The lowest BCUT2D eigenvalue weighted by Crippen LogP contribution is -2.32. The highest BCUT2D eigenvalue weighted by Crippen LogP contribution is 2.17. The first kappa shape index (κ1) is 17.3. The van der Waals surface area contributed by atoms with Gasteiger partial charge in [-0.25, -0.2) is 19.4 Å². The Hall–Kier alpha value is -3.04. The van der Waals surface area contributed by atoms with Crippen molar-refractivity contribution in [3.05, 3.63) is 53.2 Å². The van der Waals surface area contributed by atoms with Crippen molar-refractivity contribution in [3.63, 3.8) is 0 Å². The van der Waals surface area contributed by atoms with Crippen LogP contribution < -0.4 is 11.5 Å². The Morgan fingerprint density at radius 2 is 1.92 bits per heavy atom. The molecular formula is C14H12F4N6. The highest BCUT2D eigenvalue weighted by Gasteiger charge is 2.34. The number of halogens is 4. The number of nitrogen functional groups attached to an aromatic ring is 1. The Morgan fingerprint density at radius 3 is 2.54 bits per heavy atom. The third-order valence-corrected chi connectivity index (χ3v) is 2.96. The van der Waals surface area contributed by atoms with E-state index in [1.807, 2.05) is 0 Å². The fraction of sp³-hybridized carbons (Fsp3) is 0.143. The number of aliphatic imine (C=N–C) groups is 1. The molecule has 0 saturated heterocycles. The summed E-state index contributed by atoms with van der Waals surface area (Å²) in [5, 5.41) is 7.54. The number of nitrogens with zero attached hydrogens (tertiary/aromatic N) is 3. The number of anilines is 1.